The SMILES string of the molecule is CC(OC(=O)c1csc(-c2ccccc2)n1)C(=O)NC1CCCCC1. The molecule has 3 rings (SSSR count). The van der Waals surface area contributed by atoms with E-state index in [4.69, 9.17) is 4.74 Å². The molecule has 0 aliphatic heterocycles. The number of rotatable bonds is 5. The molecule has 1 unspecified atom stereocenters. The van der Waals surface area contributed by atoms with Gasteiger partial charge in [-0.05, 0) is 19.8 Å². The van der Waals surface area contributed by atoms with Gasteiger partial charge >= 0.3 is 5.97 Å². The Bertz CT molecular complexity index is 723. The molecule has 1 saturated carbocycles. The van der Waals surface area contributed by atoms with E-state index in [1.165, 1.54) is 17.8 Å². The van der Waals surface area contributed by atoms with Crippen LogP contribution >= 0.6 is 11.3 Å². The van der Waals surface area contributed by atoms with Gasteiger partial charge in [-0.15, -0.1) is 11.3 Å². The number of esters is 1. The maximum atomic E-state index is 12.2. The van der Waals surface area contributed by atoms with Crippen molar-refractivity contribution < 1.29 is 14.3 Å². The molecule has 1 aromatic heterocycles. The fraction of sp³-hybridized carbons (Fsp3) is 0.421. The smallest absolute Gasteiger partial charge is 0.358 e. The number of ether oxygens (including phenoxy) is 1. The zero-order chi connectivity index (χ0) is 17.6. The lowest BCUT2D eigenvalue weighted by atomic mass is 9.95. The molecule has 1 aliphatic rings. The van der Waals surface area contributed by atoms with Gasteiger partial charge < -0.3 is 10.1 Å². The quantitative estimate of drug-likeness (QED) is 0.826. The van der Waals surface area contributed by atoms with Crippen LogP contribution in [-0.4, -0.2) is 29.0 Å². The first-order chi connectivity index (χ1) is 12.1. The zero-order valence-corrected chi connectivity index (χ0v) is 15.1. The number of carbonyl (C=O) groups is 2. The molecular weight excluding hydrogens is 336 g/mol. The largest absolute Gasteiger partial charge is 0.448 e. The number of carbonyl (C=O) groups excluding carboxylic acids is 2. The van der Waals surface area contributed by atoms with Gasteiger partial charge in [-0.1, -0.05) is 49.6 Å². The van der Waals surface area contributed by atoms with Crippen molar-refractivity contribution in [3.05, 3.63) is 41.4 Å². The first-order valence-corrected chi connectivity index (χ1v) is 9.54. The summed E-state index contributed by atoms with van der Waals surface area (Å²) in [6.45, 7) is 1.60. The minimum absolute atomic E-state index is 0.200. The van der Waals surface area contributed by atoms with Gasteiger partial charge in [0.2, 0.25) is 0 Å². The summed E-state index contributed by atoms with van der Waals surface area (Å²) in [5.41, 5.74) is 1.19. The minimum Gasteiger partial charge on any atom is -0.448 e. The summed E-state index contributed by atoms with van der Waals surface area (Å²) in [6.07, 6.45) is 4.68. The molecule has 5 nitrogen and oxygen atoms in total. The van der Waals surface area contributed by atoms with E-state index in [-0.39, 0.29) is 17.6 Å². The van der Waals surface area contributed by atoms with E-state index in [1.807, 2.05) is 30.3 Å². The summed E-state index contributed by atoms with van der Waals surface area (Å²) in [7, 11) is 0. The maximum absolute atomic E-state index is 12.2. The number of nitrogens with zero attached hydrogens (tertiary/aromatic N) is 1. The number of aromatic nitrogens is 1. The lowest BCUT2D eigenvalue weighted by Gasteiger charge is -2.24. The molecule has 1 fully saturated rings. The van der Waals surface area contributed by atoms with Crippen molar-refractivity contribution in [3.8, 4) is 10.6 Å². The Morgan fingerprint density at radius 1 is 1.20 bits per heavy atom. The summed E-state index contributed by atoms with van der Waals surface area (Å²) >= 11 is 1.38. The highest BCUT2D eigenvalue weighted by molar-refractivity contribution is 7.13. The summed E-state index contributed by atoms with van der Waals surface area (Å²) in [5, 5.41) is 5.39. The van der Waals surface area contributed by atoms with Crippen LogP contribution in [0, 0.1) is 0 Å². The number of nitrogens with one attached hydrogen (secondary N) is 1. The molecule has 0 bridgehead atoms. The fourth-order valence-electron chi connectivity index (χ4n) is 2.92. The van der Waals surface area contributed by atoms with Crippen LogP contribution in [0.4, 0.5) is 0 Å². The third kappa shape index (κ3) is 4.66. The third-order valence-corrected chi connectivity index (χ3v) is 5.23. The van der Waals surface area contributed by atoms with Gasteiger partial charge in [-0.2, -0.15) is 0 Å². The highest BCUT2D eigenvalue weighted by Gasteiger charge is 2.24. The van der Waals surface area contributed by atoms with Crippen LogP contribution < -0.4 is 5.32 Å². The molecule has 1 amide bonds. The van der Waals surface area contributed by atoms with E-state index in [2.05, 4.69) is 10.3 Å². The van der Waals surface area contributed by atoms with Crippen molar-refractivity contribution >= 4 is 23.2 Å². The Hall–Kier alpha value is -2.21. The van der Waals surface area contributed by atoms with Crippen molar-refractivity contribution in [3.63, 3.8) is 0 Å². The van der Waals surface area contributed by atoms with Crippen molar-refractivity contribution in [2.24, 2.45) is 0 Å². The molecule has 0 spiro atoms. The van der Waals surface area contributed by atoms with Crippen LogP contribution in [0.25, 0.3) is 10.6 Å². The van der Waals surface area contributed by atoms with Crippen LogP contribution in [-0.2, 0) is 9.53 Å². The average molecular weight is 358 g/mol. The van der Waals surface area contributed by atoms with E-state index in [9.17, 15) is 9.59 Å². The van der Waals surface area contributed by atoms with Gasteiger partial charge in [0, 0.05) is 17.0 Å². The second-order valence-corrected chi connectivity index (χ2v) is 7.15. The first kappa shape index (κ1) is 17.6. The van der Waals surface area contributed by atoms with Gasteiger partial charge in [0.1, 0.15) is 5.01 Å². The van der Waals surface area contributed by atoms with Gasteiger partial charge in [0.15, 0.2) is 11.8 Å². The number of hydrogen-bond donors (Lipinski definition) is 1. The Labute approximate surface area is 151 Å². The molecule has 1 atom stereocenters. The number of hydrogen-bond acceptors (Lipinski definition) is 5. The van der Waals surface area contributed by atoms with Gasteiger partial charge in [0.05, 0.1) is 0 Å². The standard InChI is InChI=1S/C19H22N2O3S/c1-13(17(22)20-15-10-6-3-7-11-15)24-19(23)16-12-25-18(21-16)14-8-4-2-5-9-14/h2,4-5,8-9,12-13,15H,3,6-7,10-11H2,1H3,(H,20,22). The predicted molar refractivity (Wildman–Crippen MR) is 97.4 cm³/mol. The van der Waals surface area contributed by atoms with Crippen LogP contribution in [0.2, 0.25) is 0 Å². The average Bonchev–Trinajstić information content (AvgIpc) is 3.13. The maximum Gasteiger partial charge on any atom is 0.358 e. The zero-order valence-electron chi connectivity index (χ0n) is 14.2. The van der Waals surface area contributed by atoms with Gasteiger partial charge in [0.25, 0.3) is 5.91 Å². The lowest BCUT2D eigenvalue weighted by Crippen LogP contribution is -2.42. The van der Waals surface area contributed by atoms with Gasteiger partial charge in [-0.25, -0.2) is 9.78 Å². The summed E-state index contributed by atoms with van der Waals surface area (Å²) < 4.78 is 5.28. The molecule has 1 aromatic carbocycles. The van der Waals surface area contributed by atoms with Gasteiger partial charge in [-0.3, -0.25) is 4.79 Å². The first-order valence-electron chi connectivity index (χ1n) is 8.66. The lowest BCUT2D eigenvalue weighted by molar-refractivity contribution is -0.130. The molecule has 1 N–H and O–H groups in total. The Morgan fingerprint density at radius 3 is 2.64 bits per heavy atom. The highest BCUT2D eigenvalue weighted by atomic mass is 32.1. The monoisotopic (exact) mass is 358 g/mol. The molecular formula is C19H22N2O3S. The third-order valence-electron chi connectivity index (χ3n) is 4.34. The molecule has 1 aliphatic carbocycles. The van der Waals surface area contributed by atoms with Crippen molar-refractivity contribution in [1.82, 2.24) is 10.3 Å². The molecule has 6 heteroatoms. The second kappa shape index (κ2) is 8.25. The highest BCUT2D eigenvalue weighted by Crippen LogP contribution is 2.24. The van der Waals surface area contributed by atoms with Crippen LogP contribution in [0.5, 0.6) is 0 Å². The number of thiazole rings is 1. The molecule has 2 aromatic rings. The Morgan fingerprint density at radius 2 is 1.92 bits per heavy atom. The van der Waals surface area contributed by atoms with Crippen LogP contribution in [0.3, 0.4) is 0 Å². The van der Waals surface area contributed by atoms with E-state index < -0.39 is 12.1 Å². The minimum atomic E-state index is -0.823. The Balaban J connectivity index is 1.56. The summed E-state index contributed by atoms with van der Waals surface area (Å²) in [5.74, 6) is -0.802. The summed E-state index contributed by atoms with van der Waals surface area (Å²) in [4.78, 5) is 28.8. The van der Waals surface area contributed by atoms with E-state index in [0.29, 0.717) is 0 Å². The topological polar surface area (TPSA) is 68.3 Å². The molecule has 1 heterocycles. The predicted octanol–water partition coefficient (Wildman–Crippen LogP) is 3.80. The second-order valence-electron chi connectivity index (χ2n) is 6.29. The fourth-order valence-corrected chi connectivity index (χ4v) is 3.72. The van der Waals surface area contributed by atoms with Crippen molar-refractivity contribution in [2.45, 2.75) is 51.2 Å². The number of amides is 1. The van der Waals surface area contributed by atoms with E-state index >= 15 is 0 Å². The van der Waals surface area contributed by atoms with Crippen LogP contribution in [0.15, 0.2) is 35.7 Å². The molecule has 25 heavy (non-hydrogen) atoms. The number of benzene rings is 1. The van der Waals surface area contributed by atoms with E-state index in [1.54, 1.807) is 12.3 Å². The molecule has 0 saturated heterocycles. The van der Waals surface area contributed by atoms with Crippen molar-refractivity contribution in [1.29, 1.82) is 0 Å². The molecule has 0 radical (unpaired) electrons. The normalized spacial score (nSPS) is 16.2. The van der Waals surface area contributed by atoms with Crippen LogP contribution in [0.1, 0.15) is 49.5 Å². The van der Waals surface area contributed by atoms with Crippen molar-refractivity contribution in [2.75, 3.05) is 0 Å². The molecule has 132 valence electrons. The Kier molecular flexibility index (Phi) is 5.81. The van der Waals surface area contributed by atoms with E-state index in [0.717, 1.165) is 36.3 Å². The summed E-state index contributed by atoms with van der Waals surface area (Å²) in [6, 6.07) is 9.85.